The molecule has 1 aliphatic heterocycles. The Bertz CT molecular complexity index is 710. The molecule has 0 radical (unpaired) electrons. The summed E-state index contributed by atoms with van der Waals surface area (Å²) >= 11 is 0. The Balaban J connectivity index is 2.45. The summed E-state index contributed by atoms with van der Waals surface area (Å²) in [6.45, 7) is 9.59. The van der Waals surface area contributed by atoms with Crippen molar-refractivity contribution < 1.29 is 28.7 Å². The van der Waals surface area contributed by atoms with E-state index in [2.05, 4.69) is 0 Å². The van der Waals surface area contributed by atoms with Gasteiger partial charge in [0, 0.05) is 0 Å². The Kier molecular flexibility index (Phi) is 4.81. The second-order valence-electron chi connectivity index (χ2n) is 7.74. The summed E-state index contributed by atoms with van der Waals surface area (Å²) in [7, 11) is 0. The number of nitrogens with zero attached hydrogens (tertiary/aromatic N) is 2. The Morgan fingerprint density at radius 3 is 1.46 bits per heavy atom. The predicted molar refractivity (Wildman–Crippen MR) is 91.2 cm³/mol. The first-order valence-corrected chi connectivity index (χ1v) is 8.05. The SMILES string of the molecule is CC(C)(C)OC(=O)N(C(=O)OC(C)(C)C)[15N]1C(=O)c2ccccc2C1=O. The first-order valence-electron chi connectivity index (χ1n) is 8.05. The van der Waals surface area contributed by atoms with Crippen LogP contribution >= 0.6 is 0 Å². The van der Waals surface area contributed by atoms with E-state index in [1.165, 1.54) is 12.1 Å². The van der Waals surface area contributed by atoms with Crippen molar-refractivity contribution in [3.05, 3.63) is 35.4 Å². The van der Waals surface area contributed by atoms with Gasteiger partial charge in [0.25, 0.3) is 11.8 Å². The van der Waals surface area contributed by atoms with E-state index in [0.717, 1.165) is 0 Å². The fraction of sp³-hybridized carbons (Fsp3) is 0.444. The van der Waals surface area contributed by atoms with Crippen molar-refractivity contribution in [1.29, 1.82) is 0 Å². The van der Waals surface area contributed by atoms with Gasteiger partial charge in [0.05, 0.1) is 11.1 Å². The third kappa shape index (κ3) is 4.01. The minimum absolute atomic E-state index is 0.0922. The van der Waals surface area contributed by atoms with Crippen molar-refractivity contribution in [3.8, 4) is 0 Å². The molecule has 8 heteroatoms. The maximum Gasteiger partial charge on any atom is 0.440 e. The van der Waals surface area contributed by atoms with Crippen LogP contribution < -0.4 is 0 Å². The molecule has 0 bridgehead atoms. The number of fused-ring (bicyclic) bond motifs is 1. The molecule has 0 aromatic heterocycles. The lowest BCUT2D eigenvalue weighted by Gasteiger charge is -2.31. The normalized spacial score (nSPS) is 14.2. The zero-order valence-corrected chi connectivity index (χ0v) is 15.7. The average Bonchev–Trinajstić information content (AvgIpc) is 2.70. The minimum atomic E-state index is -1.18. The lowest BCUT2D eigenvalue weighted by molar-refractivity contribution is -0.0427. The third-order valence-corrected chi connectivity index (χ3v) is 3.11. The number of rotatable bonds is 1. The molecular weight excluding hydrogens is 341 g/mol. The second kappa shape index (κ2) is 6.44. The van der Waals surface area contributed by atoms with Gasteiger partial charge in [-0.2, -0.15) is 5.01 Å². The zero-order valence-electron chi connectivity index (χ0n) is 15.7. The predicted octanol–water partition coefficient (Wildman–Crippen LogP) is 3.37. The summed E-state index contributed by atoms with van der Waals surface area (Å²) < 4.78 is 10.4. The van der Waals surface area contributed by atoms with Crippen LogP contribution in [-0.2, 0) is 9.47 Å². The Hall–Kier alpha value is -2.90. The molecule has 0 N–H and O–H groups in total. The number of hydrogen-bond donors (Lipinski definition) is 0. The number of hydrogen-bond acceptors (Lipinski definition) is 6. The topological polar surface area (TPSA) is 93.2 Å². The van der Waals surface area contributed by atoms with E-state index in [1.54, 1.807) is 53.7 Å². The third-order valence-electron chi connectivity index (χ3n) is 3.11. The molecule has 8 nitrogen and oxygen atoms in total. The molecule has 2 rings (SSSR count). The summed E-state index contributed by atoms with van der Waals surface area (Å²) in [4.78, 5) is 50.4. The fourth-order valence-electron chi connectivity index (χ4n) is 2.21. The summed E-state index contributed by atoms with van der Waals surface area (Å²) in [6, 6.07) is 6.05. The van der Waals surface area contributed by atoms with Gasteiger partial charge in [-0.25, -0.2) is 9.59 Å². The van der Waals surface area contributed by atoms with Crippen molar-refractivity contribution in [2.24, 2.45) is 0 Å². The lowest BCUT2D eigenvalue weighted by atomic mass is 10.1. The molecule has 1 aliphatic rings. The molecule has 1 heterocycles. The summed E-state index contributed by atoms with van der Waals surface area (Å²) in [5, 5.41) is 0.758. The molecule has 26 heavy (non-hydrogen) atoms. The number of hydrazine groups is 1. The number of amides is 4. The van der Waals surface area contributed by atoms with E-state index in [1.807, 2.05) is 0 Å². The molecule has 4 amide bonds. The van der Waals surface area contributed by atoms with Gasteiger partial charge in [-0.1, -0.05) is 12.1 Å². The minimum Gasteiger partial charge on any atom is -0.442 e. The Morgan fingerprint density at radius 1 is 0.808 bits per heavy atom. The van der Waals surface area contributed by atoms with E-state index >= 15 is 0 Å². The average molecular weight is 363 g/mol. The molecule has 0 atom stereocenters. The van der Waals surface area contributed by atoms with Crippen molar-refractivity contribution in [3.63, 3.8) is 0 Å². The van der Waals surface area contributed by atoms with Crippen LogP contribution in [0.3, 0.4) is 0 Å². The second-order valence-corrected chi connectivity index (χ2v) is 7.74. The molecule has 0 aliphatic carbocycles. The van der Waals surface area contributed by atoms with Crippen molar-refractivity contribution in [2.45, 2.75) is 52.7 Å². The van der Waals surface area contributed by atoms with E-state index in [-0.39, 0.29) is 11.1 Å². The van der Waals surface area contributed by atoms with Crippen molar-refractivity contribution in [1.82, 2.24) is 10.0 Å². The zero-order chi connectivity index (χ0) is 19.9. The highest BCUT2D eigenvalue weighted by atomic mass is 16.6. The van der Waals surface area contributed by atoms with E-state index in [0.29, 0.717) is 10.0 Å². The first kappa shape index (κ1) is 19.4. The number of carbonyl (C=O) groups excluding carboxylic acids is 4. The lowest BCUT2D eigenvalue weighted by Crippen LogP contribution is -2.55. The Morgan fingerprint density at radius 2 is 1.15 bits per heavy atom. The molecule has 0 saturated heterocycles. The van der Waals surface area contributed by atoms with Crippen LogP contribution in [0.25, 0.3) is 0 Å². The van der Waals surface area contributed by atoms with Crippen LogP contribution in [-0.4, -0.2) is 45.2 Å². The van der Waals surface area contributed by atoms with E-state index in [9.17, 15) is 19.2 Å². The number of carbonyl (C=O) groups is 4. The number of benzene rings is 1. The molecule has 0 spiro atoms. The first-order chi connectivity index (χ1) is 11.8. The van der Waals surface area contributed by atoms with Crippen molar-refractivity contribution in [2.75, 3.05) is 0 Å². The van der Waals surface area contributed by atoms with Gasteiger partial charge in [0.2, 0.25) is 0 Å². The van der Waals surface area contributed by atoms with E-state index < -0.39 is 35.2 Å². The molecule has 140 valence electrons. The van der Waals surface area contributed by atoms with Crippen LogP contribution in [0.15, 0.2) is 24.3 Å². The molecule has 0 saturated carbocycles. The maximum atomic E-state index is 12.6. The smallest absolute Gasteiger partial charge is 0.440 e. The van der Waals surface area contributed by atoms with Gasteiger partial charge in [-0.15, -0.1) is 5.01 Å². The van der Waals surface area contributed by atoms with Crippen LogP contribution in [0, 0.1) is 0 Å². The van der Waals surface area contributed by atoms with Gasteiger partial charge in [0.15, 0.2) is 0 Å². The van der Waals surface area contributed by atoms with Crippen molar-refractivity contribution >= 4 is 24.0 Å². The largest absolute Gasteiger partial charge is 0.442 e. The standard InChI is InChI=1S/C18H22N2O6/c1-17(2,3)25-15(23)20(16(24)26-18(4,5)6)19-13(21)11-9-7-8-10-12(11)14(19)22/h7-10H,1-6H3/i19+1. The molecular formula is C18H22N2O6. The fourth-order valence-corrected chi connectivity index (χ4v) is 2.21. The van der Waals surface area contributed by atoms with Crippen LogP contribution in [0.4, 0.5) is 9.59 Å². The number of imide groups is 2. The summed E-state index contributed by atoms with van der Waals surface area (Å²) in [6.07, 6.45) is -2.36. The van der Waals surface area contributed by atoms with Gasteiger partial charge >= 0.3 is 12.2 Å². The highest BCUT2D eigenvalue weighted by Crippen LogP contribution is 2.26. The van der Waals surface area contributed by atoms with Crippen LogP contribution in [0.5, 0.6) is 0 Å². The summed E-state index contributed by atoms with van der Waals surface area (Å²) in [5.74, 6) is -1.61. The van der Waals surface area contributed by atoms with Gasteiger partial charge < -0.3 is 9.47 Å². The van der Waals surface area contributed by atoms with Crippen LogP contribution in [0.1, 0.15) is 62.3 Å². The molecule has 1 aromatic rings. The quantitative estimate of drug-likeness (QED) is 0.561. The molecule has 1 aromatic carbocycles. The molecule has 0 unspecified atom stereocenters. The van der Waals surface area contributed by atoms with E-state index in [4.69, 9.17) is 9.47 Å². The maximum absolute atomic E-state index is 12.6. The summed E-state index contributed by atoms with van der Waals surface area (Å²) in [5.41, 5.74) is -1.71. The van der Waals surface area contributed by atoms with Crippen LogP contribution in [0.2, 0.25) is 0 Å². The number of ether oxygens (including phenoxy) is 2. The Labute approximate surface area is 151 Å². The monoisotopic (exact) mass is 363 g/mol. The highest BCUT2D eigenvalue weighted by molar-refractivity contribution is 6.22. The molecule has 0 fully saturated rings. The van der Waals surface area contributed by atoms with Gasteiger partial charge in [-0.05, 0) is 53.7 Å². The van der Waals surface area contributed by atoms with Gasteiger partial charge in [-0.3, -0.25) is 9.59 Å². The van der Waals surface area contributed by atoms with Gasteiger partial charge in [0.1, 0.15) is 11.2 Å². The highest BCUT2D eigenvalue weighted by Gasteiger charge is 2.47.